The molecule has 0 spiro atoms. The lowest BCUT2D eigenvalue weighted by atomic mass is 10.0. The molecule has 1 N–H and O–H groups in total. The van der Waals surface area contributed by atoms with Gasteiger partial charge in [0.05, 0.1) is 11.0 Å². The van der Waals surface area contributed by atoms with E-state index in [4.69, 9.17) is 0 Å². The Kier molecular flexibility index (Phi) is 5.49. The van der Waals surface area contributed by atoms with E-state index in [1.54, 1.807) is 0 Å². The molecule has 1 aromatic heterocycles. The number of benzene rings is 6. The molecule has 1 heterocycles. The number of para-hydroxylation sites is 2. The second-order valence-corrected chi connectivity index (χ2v) is 9.57. The summed E-state index contributed by atoms with van der Waals surface area (Å²) < 4.78 is 2.34. The maximum Gasteiger partial charge on any atom is 0.0542 e. The SMILES string of the molecule is c1ccc(-c2ccc(-c3ccc(Nc4ccc5c(c4)c4ccccc4n5-c4ccccc4)cc3)cc2)cc1. The first-order valence-corrected chi connectivity index (χ1v) is 13.0. The van der Waals surface area contributed by atoms with Gasteiger partial charge in [-0.25, -0.2) is 0 Å². The first kappa shape index (κ1) is 22.1. The van der Waals surface area contributed by atoms with Crippen molar-refractivity contribution in [1.82, 2.24) is 4.57 Å². The van der Waals surface area contributed by atoms with Crippen LogP contribution in [0.4, 0.5) is 11.4 Å². The van der Waals surface area contributed by atoms with Crippen LogP contribution in [0.1, 0.15) is 0 Å². The number of anilines is 2. The predicted octanol–water partition coefficient (Wildman–Crippen LogP) is 9.86. The van der Waals surface area contributed by atoms with Gasteiger partial charge in [0, 0.05) is 27.8 Å². The molecule has 0 amide bonds. The van der Waals surface area contributed by atoms with Gasteiger partial charge in [-0.05, 0) is 70.8 Å². The molecular weight excluding hydrogens is 460 g/mol. The normalized spacial score (nSPS) is 11.2. The van der Waals surface area contributed by atoms with Crippen molar-refractivity contribution in [3.8, 4) is 27.9 Å². The standard InChI is InChI=1S/C36H26N2/c1-3-9-26(10-4-1)27-15-17-28(18-16-27)29-19-21-30(22-20-29)37-31-23-24-36-34(25-31)33-13-7-8-14-35(33)38(36)32-11-5-2-6-12-32/h1-25,37H. The molecule has 7 rings (SSSR count). The van der Waals surface area contributed by atoms with Crippen molar-refractivity contribution in [3.05, 3.63) is 152 Å². The van der Waals surface area contributed by atoms with Gasteiger partial charge >= 0.3 is 0 Å². The summed E-state index contributed by atoms with van der Waals surface area (Å²) in [6.45, 7) is 0. The Labute approximate surface area is 222 Å². The fraction of sp³-hybridized carbons (Fsp3) is 0. The Bertz CT molecular complexity index is 1850. The highest BCUT2D eigenvalue weighted by molar-refractivity contribution is 6.10. The maximum atomic E-state index is 3.61. The molecule has 0 atom stereocenters. The summed E-state index contributed by atoms with van der Waals surface area (Å²) in [5.74, 6) is 0. The Balaban J connectivity index is 1.17. The third-order valence-electron chi connectivity index (χ3n) is 7.19. The van der Waals surface area contributed by atoms with Crippen molar-refractivity contribution >= 4 is 33.2 Å². The summed E-state index contributed by atoms with van der Waals surface area (Å²) in [6.07, 6.45) is 0. The van der Waals surface area contributed by atoms with Crippen molar-refractivity contribution in [2.24, 2.45) is 0 Å². The molecule has 2 nitrogen and oxygen atoms in total. The number of hydrogen-bond donors (Lipinski definition) is 1. The van der Waals surface area contributed by atoms with E-state index in [9.17, 15) is 0 Å². The molecule has 0 bridgehead atoms. The predicted molar refractivity (Wildman–Crippen MR) is 161 cm³/mol. The van der Waals surface area contributed by atoms with Crippen molar-refractivity contribution in [2.75, 3.05) is 5.32 Å². The highest BCUT2D eigenvalue weighted by atomic mass is 15.0. The second kappa shape index (κ2) is 9.42. The summed E-state index contributed by atoms with van der Waals surface area (Å²) in [5, 5.41) is 6.10. The largest absolute Gasteiger partial charge is 0.356 e. The zero-order valence-electron chi connectivity index (χ0n) is 20.9. The van der Waals surface area contributed by atoms with E-state index in [0.29, 0.717) is 0 Å². The number of nitrogens with one attached hydrogen (secondary N) is 1. The van der Waals surface area contributed by atoms with Gasteiger partial charge in [0.25, 0.3) is 0 Å². The summed E-state index contributed by atoms with van der Waals surface area (Å²) in [4.78, 5) is 0. The number of nitrogens with zero attached hydrogens (tertiary/aromatic N) is 1. The van der Waals surface area contributed by atoms with Crippen LogP contribution in [0.2, 0.25) is 0 Å². The third-order valence-corrected chi connectivity index (χ3v) is 7.19. The molecule has 0 aliphatic heterocycles. The number of aromatic nitrogens is 1. The average Bonchev–Trinajstić information content (AvgIpc) is 3.32. The van der Waals surface area contributed by atoms with Crippen LogP contribution in [0.15, 0.2) is 152 Å². The Morgan fingerprint density at radius 3 is 1.55 bits per heavy atom. The van der Waals surface area contributed by atoms with Gasteiger partial charge in [0.15, 0.2) is 0 Å². The van der Waals surface area contributed by atoms with E-state index >= 15 is 0 Å². The quantitative estimate of drug-likeness (QED) is 0.256. The lowest BCUT2D eigenvalue weighted by Crippen LogP contribution is -1.93. The molecular formula is C36H26N2. The van der Waals surface area contributed by atoms with E-state index < -0.39 is 0 Å². The summed E-state index contributed by atoms with van der Waals surface area (Å²) >= 11 is 0. The number of fused-ring (bicyclic) bond motifs is 3. The monoisotopic (exact) mass is 486 g/mol. The minimum Gasteiger partial charge on any atom is -0.356 e. The van der Waals surface area contributed by atoms with Gasteiger partial charge in [0.2, 0.25) is 0 Å². The van der Waals surface area contributed by atoms with Crippen LogP contribution in [-0.4, -0.2) is 4.57 Å². The molecule has 0 unspecified atom stereocenters. The van der Waals surface area contributed by atoms with Crippen LogP contribution < -0.4 is 5.32 Å². The molecule has 0 radical (unpaired) electrons. The lowest BCUT2D eigenvalue weighted by Gasteiger charge is -2.10. The molecule has 0 aliphatic carbocycles. The number of rotatable bonds is 5. The van der Waals surface area contributed by atoms with Gasteiger partial charge < -0.3 is 9.88 Å². The van der Waals surface area contributed by atoms with Crippen LogP contribution in [0.25, 0.3) is 49.7 Å². The minimum absolute atomic E-state index is 1.07. The van der Waals surface area contributed by atoms with E-state index in [2.05, 4.69) is 162 Å². The Morgan fingerprint density at radius 2 is 0.868 bits per heavy atom. The smallest absolute Gasteiger partial charge is 0.0542 e. The van der Waals surface area contributed by atoms with Gasteiger partial charge in [0.1, 0.15) is 0 Å². The molecule has 38 heavy (non-hydrogen) atoms. The van der Waals surface area contributed by atoms with Gasteiger partial charge in [-0.2, -0.15) is 0 Å². The minimum atomic E-state index is 1.07. The Morgan fingerprint density at radius 1 is 0.368 bits per heavy atom. The molecule has 7 aromatic rings. The molecule has 0 aliphatic rings. The van der Waals surface area contributed by atoms with Crippen molar-refractivity contribution < 1.29 is 0 Å². The third kappa shape index (κ3) is 4.03. The fourth-order valence-electron chi connectivity index (χ4n) is 5.30. The van der Waals surface area contributed by atoms with Crippen molar-refractivity contribution in [3.63, 3.8) is 0 Å². The van der Waals surface area contributed by atoms with Gasteiger partial charge in [-0.15, -0.1) is 0 Å². The van der Waals surface area contributed by atoms with E-state index in [-0.39, 0.29) is 0 Å². The van der Waals surface area contributed by atoms with Crippen LogP contribution in [-0.2, 0) is 0 Å². The molecule has 0 saturated heterocycles. The molecule has 2 heteroatoms. The first-order chi connectivity index (χ1) is 18.8. The van der Waals surface area contributed by atoms with Gasteiger partial charge in [-0.3, -0.25) is 0 Å². The Hall–Kier alpha value is -5.08. The number of hydrogen-bond acceptors (Lipinski definition) is 1. The fourth-order valence-corrected chi connectivity index (χ4v) is 5.30. The van der Waals surface area contributed by atoms with E-state index in [1.165, 1.54) is 49.7 Å². The highest BCUT2D eigenvalue weighted by Gasteiger charge is 2.12. The topological polar surface area (TPSA) is 17.0 Å². The van der Waals surface area contributed by atoms with Crippen LogP contribution in [0.3, 0.4) is 0 Å². The molecule has 6 aromatic carbocycles. The first-order valence-electron chi connectivity index (χ1n) is 13.0. The zero-order chi connectivity index (χ0) is 25.3. The van der Waals surface area contributed by atoms with Crippen LogP contribution in [0, 0.1) is 0 Å². The van der Waals surface area contributed by atoms with E-state index in [1.807, 2.05) is 0 Å². The molecule has 0 fully saturated rings. The van der Waals surface area contributed by atoms with Crippen molar-refractivity contribution in [2.45, 2.75) is 0 Å². The van der Waals surface area contributed by atoms with Crippen LogP contribution in [0.5, 0.6) is 0 Å². The van der Waals surface area contributed by atoms with Gasteiger partial charge in [-0.1, -0.05) is 103 Å². The summed E-state index contributed by atoms with van der Waals surface area (Å²) in [5.41, 5.74) is 10.6. The lowest BCUT2D eigenvalue weighted by molar-refractivity contribution is 1.18. The second-order valence-electron chi connectivity index (χ2n) is 9.57. The van der Waals surface area contributed by atoms with Crippen molar-refractivity contribution in [1.29, 1.82) is 0 Å². The molecule has 0 saturated carbocycles. The summed E-state index contributed by atoms with van der Waals surface area (Å²) in [6, 6.07) is 53.8. The summed E-state index contributed by atoms with van der Waals surface area (Å²) in [7, 11) is 0. The maximum absolute atomic E-state index is 3.61. The average molecular weight is 487 g/mol. The molecule has 180 valence electrons. The zero-order valence-corrected chi connectivity index (χ0v) is 20.9. The highest BCUT2D eigenvalue weighted by Crippen LogP contribution is 2.34. The van der Waals surface area contributed by atoms with E-state index in [0.717, 1.165) is 11.4 Å². The van der Waals surface area contributed by atoms with Crippen LogP contribution >= 0.6 is 0 Å².